The van der Waals surface area contributed by atoms with Gasteiger partial charge in [-0.3, -0.25) is 4.79 Å². The number of Topliss-reactive ketones (excluding diaryl/α,β-unsaturated/α-hetero) is 1. The molecule has 1 saturated carbocycles. The molecule has 0 aromatic heterocycles. The molecule has 3 nitrogen and oxygen atoms in total. The molecule has 18 heavy (non-hydrogen) atoms. The van der Waals surface area contributed by atoms with Crippen LogP contribution in [0, 0.1) is 5.92 Å². The lowest BCUT2D eigenvalue weighted by atomic mass is 10.1. The van der Waals surface area contributed by atoms with E-state index in [1.807, 2.05) is 38.1 Å². The molecule has 2 rings (SSSR count). The third-order valence-corrected chi connectivity index (χ3v) is 2.97. The summed E-state index contributed by atoms with van der Waals surface area (Å²) in [5.74, 6) is 1.58. The molecule has 3 heteroatoms. The van der Waals surface area contributed by atoms with Gasteiger partial charge in [-0.25, -0.2) is 0 Å². The summed E-state index contributed by atoms with van der Waals surface area (Å²) in [6.45, 7) is 5.28. The zero-order valence-corrected chi connectivity index (χ0v) is 11.1. The standard InChI is InChI=1S/C15H21NO2/c1-11(2)18-15-6-4-3-5-13(15)14(17)10-16-9-12-7-8-12/h3-6,11-12,16H,7-10H2,1-2H3. The Balaban J connectivity index is 1.94. The zero-order chi connectivity index (χ0) is 13.0. The van der Waals surface area contributed by atoms with Crippen molar-refractivity contribution in [2.24, 2.45) is 5.92 Å². The maximum absolute atomic E-state index is 12.1. The van der Waals surface area contributed by atoms with E-state index in [9.17, 15) is 4.79 Å². The van der Waals surface area contributed by atoms with Crippen molar-refractivity contribution in [2.45, 2.75) is 32.8 Å². The van der Waals surface area contributed by atoms with Crippen molar-refractivity contribution >= 4 is 5.78 Å². The lowest BCUT2D eigenvalue weighted by Gasteiger charge is -2.13. The average Bonchev–Trinajstić information content (AvgIpc) is 3.13. The summed E-state index contributed by atoms with van der Waals surface area (Å²) < 4.78 is 5.66. The van der Waals surface area contributed by atoms with Crippen molar-refractivity contribution in [1.82, 2.24) is 5.32 Å². The van der Waals surface area contributed by atoms with Crippen LogP contribution >= 0.6 is 0 Å². The number of hydrogen-bond acceptors (Lipinski definition) is 3. The van der Waals surface area contributed by atoms with Crippen LogP contribution in [-0.2, 0) is 0 Å². The van der Waals surface area contributed by atoms with Crippen molar-refractivity contribution in [2.75, 3.05) is 13.1 Å². The first-order valence-corrected chi connectivity index (χ1v) is 6.66. The Hall–Kier alpha value is -1.35. The van der Waals surface area contributed by atoms with Crippen molar-refractivity contribution in [3.63, 3.8) is 0 Å². The normalized spacial score (nSPS) is 14.8. The van der Waals surface area contributed by atoms with Gasteiger partial charge >= 0.3 is 0 Å². The van der Waals surface area contributed by atoms with E-state index in [1.54, 1.807) is 0 Å². The molecule has 1 aromatic carbocycles. The van der Waals surface area contributed by atoms with Crippen molar-refractivity contribution in [3.8, 4) is 5.75 Å². The molecule has 0 heterocycles. The second-order valence-electron chi connectivity index (χ2n) is 5.16. The van der Waals surface area contributed by atoms with Gasteiger partial charge in [0.15, 0.2) is 5.78 Å². The van der Waals surface area contributed by atoms with Gasteiger partial charge in [0.1, 0.15) is 5.75 Å². The summed E-state index contributed by atoms with van der Waals surface area (Å²) in [5.41, 5.74) is 0.675. The van der Waals surface area contributed by atoms with Crippen LogP contribution in [0.4, 0.5) is 0 Å². The number of benzene rings is 1. The molecule has 0 saturated heterocycles. The van der Waals surface area contributed by atoms with E-state index in [4.69, 9.17) is 4.74 Å². The number of ketones is 1. The fourth-order valence-corrected chi connectivity index (χ4v) is 1.86. The summed E-state index contributed by atoms with van der Waals surface area (Å²) in [5, 5.41) is 3.22. The number of hydrogen-bond donors (Lipinski definition) is 1. The Morgan fingerprint density at radius 1 is 1.39 bits per heavy atom. The molecule has 1 fully saturated rings. The topological polar surface area (TPSA) is 38.3 Å². The summed E-state index contributed by atoms with van der Waals surface area (Å²) in [7, 11) is 0. The lowest BCUT2D eigenvalue weighted by Crippen LogP contribution is -2.25. The van der Waals surface area contributed by atoms with Crippen molar-refractivity contribution < 1.29 is 9.53 Å². The van der Waals surface area contributed by atoms with E-state index >= 15 is 0 Å². The van der Waals surface area contributed by atoms with E-state index < -0.39 is 0 Å². The molecule has 0 radical (unpaired) electrons. The van der Waals surface area contributed by atoms with Crippen LogP contribution in [0.1, 0.15) is 37.0 Å². The third-order valence-electron chi connectivity index (χ3n) is 2.97. The highest BCUT2D eigenvalue weighted by Crippen LogP contribution is 2.27. The molecule has 0 aliphatic heterocycles. The van der Waals surface area contributed by atoms with Gasteiger partial charge in [0.05, 0.1) is 18.2 Å². The van der Waals surface area contributed by atoms with Crippen molar-refractivity contribution in [3.05, 3.63) is 29.8 Å². The highest BCUT2D eigenvalue weighted by molar-refractivity contribution is 6.00. The van der Waals surface area contributed by atoms with Crippen LogP contribution in [-0.4, -0.2) is 25.0 Å². The van der Waals surface area contributed by atoms with E-state index in [0.29, 0.717) is 17.9 Å². The molecule has 0 spiro atoms. The highest BCUT2D eigenvalue weighted by Gasteiger charge is 2.21. The Morgan fingerprint density at radius 3 is 2.78 bits per heavy atom. The van der Waals surface area contributed by atoms with E-state index in [2.05, 4.69) is 5.32 Å². The number of para-hydroxylation sites is 1. The number of carbonyl (C=O) groups excluding carboxylic acids is 1. The molecule has 1 aliphatic carbocycles. The fraction of sp³-hybridized carbons (Fsp3) is 0.533. The molecule has 1 N–H and O–H groups in total. The first kappa shape index (κ1) is 13.1. The monoisotopic (exact) mass is 247 g/mol. The fourth-order valence-electron chi connectivity index (χ4n) is 1.86. The first-order valence-electron chi connectivity index (χ1n) is 6.66. The predicted molar refractivity (Wildman–Crippen MR) is 72.1 cm³/mol. The molecule has 0 atom stereocenters. The number of nitrogens with one attached hydrogen (secondary N) is 1. The first-order chi connectivity index (χ1) is 8.66. The number of rotatable bonds is 7. The Kier molecular flexibility index (Phi) is 4.37. The summed E-state index contributed by atoms with van der Waals surface area (Å²) in [4.78, 5) is 12.1. The molecule has 0 unspecified atom stereocenters. The molecular formula is C15H21NO2. The SMILES string of the molecule is CC(C)Oc1ccccc1C(=O)CNCC1CC1. The second kappa shape index (κ2) is 6.01. The quantitative estimate of drug-likeness (QED) is 0.753. The Bertz CT molecular complexity index is 411. The van der Waals surface area contributed by atoms with Crippen LogP contribution < -0.4 is 10.1 Å². The summed E-state index contributed by atoms with van der Waals surface area (Å²) in [6, 6.07) is 7.46. The van der Waals surface area contributed by atoms with Gasteiger partial charge in [-0.05, 0) is 51.3 Å². The third kappa shape index (κ3) is 3.84. The zero-order valence-electron chi connectivity index (χ0n) is 11.1. The van der Waals surface area contributed by atoms with Crippen LogP contribution in [0.25, 0.3) is 0 Å². The van der Waals surface area contributed by atoms with Gasteiger partial charge in [0.2, 0.25) is 0 Å². The average molecular weight is 247 g/mol. The van der Waals surface area contributed by atoms with Gasteiger partial charge in [0, 0.05) is 0 Å². The Morgan fingerprint density at radius 2 is 2.11 bits per heavy atom. The lowest BCUT2D eigenvalue weighted by molar-refractivity contribution is 0.0985. The van der Waals surface area contributed by atoms with Crippen molar-refractivity contribution in [1.29, 1.82) is 0 Å². The van der Waals surface area contributed by atoms with Gasteiger partial charge in [0.25, 0.3) is 0 Å². The van der Waals surface area contributed by atoms with E-state index in [-0.39, 0.29) is 11.9 Å². The van der Waals surface area contributed by atoms with Crippen LogP contribution in [0.5, 0.6) is 5.75 Å². The van der Waals surface area contributed by atoms with Crippen LogP contribution in [0.3, 0.4) is 0 Å². The summed E-state index contributed by atoms with van der Waals surface area (Å²) in [6.07, 6.45) is 2.68. The predicted octanol–water partition coefficient (Wildman–Crippen LogP) is 2.66. The molecule has 0 amide bonds. The Labute approximate surface area is 109 Å². The minimum absolute atomic E-state index is 0.0818. The van der Waals surface area contributed by atoms with Crippen LogP contribution in [0.15, 0.2) is 24.3 Å². The van der Waals surface area contributed by atoms with Gasteiger partial charge in [-0.2, -0.15) is 0 Å². The minimum atomic E-state index is 0.0818. The second-order valence-corrected chi connectivity index (χ2v) is 5.16. The maximum atomic E-state index is 12.1. The highest BCUT2D eigenvalue weighted by atomic mass is 16.5. The van der Waals surface area contributed by atoms with Crippen LogP contribution in [0.2, 0.25) is 0 Å². The van der Waals surface area contributed by atoms with Gasteiger partial charge < -0.3 is 10.1 Å². The molecule has 98 valence electrons. The molecule has 1 aromatic rings. The smallest absolute Gasteiger partial charge is 0.180 e. The maximum Gasteiger partial charge on any atom is 0.180 e. The largest absolute Gasteiger partial charge is 0.490 e. The molecule has 0 bridgehead atoms. The number of ether oxygens (including phenoxy) is 1. The van der Waals surface area contributed by atoms with Gasteiger partial charge in [-0.15, -0.1) is 0 Å². The minimum Gasteiger partial charge on any atom is -0.490 e. The summed E-state index contributed by atoms with van der Waals surface area (Å²) >= 11 is 0. The van der Waals surface area contributed by atoms with E-state index in [1.165, 1.54) is 12.8 Å². The molecule has 1 aliphatic rings. The van der Waals surface area contributed by atoms with E-state index in [0.717, 1.165) is 12.5 Å². The molecular weight excluding hydrogens is 226 g/mol. The van der Waals surface area contributed by atoms with Gasteiger partial charge in [-0.1, -0.05) is 12.1 Å². The number of carbonyl (C=O) groups is 1.